The first-order valence-electron chi connectivity index (χ1n) is 4.69. The van der Waals surface area contributed by atoms with Gasteiger partial charge in [0.05, 0.1) is 9.75 Å². The molecule has 82 valence electrons. The van der Waals surface area contributed by atoms with Crippen molar-refractivity contribution in [2.45, 2.75) is 13.5 Å². The molecule has 0 radical (unpaired) electrons. The molecular formula is C10H12ClNO2S. The molecule has 3 nitrogen and oxygen atoms in total. The third kappa shape index (κ3) is 2.02. The topological polar surface area (TPSA) is 40.5 Å². The molecule has 0 aromatic carbocycles. The Morgan fingerprint density at radius 2 is 2.40 bits per heavy atom. The molecule has 2 rings (SSSR count). The van der Waals surface area contributed by atoms with Crippen LogP contribution >= 0.6 is 22.9 Å². The molecule has 1 aromatic heterocycles. The molecule has 0 atom stereocenters. The zero-order valence-electron chi connectivity index (χ0n) is 8.36. The van der Waals surface area contributed by atoms with Crippen LogP contribution in [0.2, 0.25) is 4.34 Å². The fraction of sp³-hybridized carbons (Fsp3) is 0.500. The van der Waals surface area contributed by atoms with E-state index in [4.69, 9.17) is 16.7 Å². The number of hydrogen-bond acceptors (Lipinski definition) is 3. The molecule has 1 saturated heterocycles. The first kappa shape index (κ1) is 10.9. The molecule has 0 unspecified atom stereocenters. The van der Waals surface area contributed by atoms with E-state index in [9.17, 15) is 4.79 Å². The van der Waals surface area contributed by atoms with Crippen LogP contribution in [0, 0.1) is 5.41 Å². The van der Waals surface area contributed by atoms with Gasteiger partial charge in [-0.15, -0.1) is 11.3 Å². The van der Waals surface area contributed by atoms with Crippen LogP contribution in [0.4, 0.5) is 0 Å². The van der Waals surface area contributed by atoms with Crippen molar-refractivity contribution >= 4 is 28.9 Å². The minimum atomic E-state index is -0.713. The molecule has 0 saturated carbocycles. The predicted molar refractivity (Wildman–Crippen MR) is 60.3 cm³/mol. The second-order valence-electron chi connectivity index (χ2n) is 4.23. The van der Waals surface area contributed by atoms with E-state index in [2.05, 4.69) is 4.90 Å². The van der Waals surface area contributed by atoms with Gasteiger partial charge >= 0.3 is 5.97 Å². The lowest BCUT2D eigenvalue weighted by atomic mass is 9.82. The summed E-state index contributed by atoms with van der Waals surface area (Å²) in [5.41, 5.74) is 0.525. The molecule has 0 spiro atoms. The van der Waals surface area contributed by atoms with Gasteiger partial charge in [-0.2, -0.15) is 0 Å². The van der Waals surface area contributed by atoms with E-state index in [0.29, 0.717) is 13.1 Å². The number of halogens is 1. The van der Waals surface area contributed by atoms with E-state index >= 15 is 0 Å². The molecule has 2 heterocycles. The van der Waals surface area contributed by atoms with Gasteiger partial charge in [-0.05, 0) is 23.9 Å². The van der Waals surface area contributed by atoms with Crippen LogP contribution in [0.5, 0.6) is 0 Å². The lowest BCUT2D eigenvalue weighted by Gasteiger charge is -2.44. The summed E-state index contributed by atoms with van der Waals surface area (Å²) in [6, 6.07) is 1.99. The summed E-state index contributed by atoms with van der Waals surface area (Å²) in [7, 11) is 0. The third-order valence-electron chi connectivity index (χ3n) is 2.75. The first-order valence-corrected chi connectivity index (χ1v) is 5.95. The fourth-order valence-corrected chi connectivity index (χ4v) is 2.77. The average Bonchev–Trinajstić information content (AvgIpc) is 2.48. The average molecular weight is 246 g/mol. The number of carboxylic acids is 1. The van der Waals surface area contributed by atoms with E-state index in [1.54, 1.807) is 6.92 Å². The molecule has 1 aliphatic rings. The smallest absolute Gasteiger partial charge is 0.311 e. The standard InChI is InChI=1S/C10H12ClNO2S/c1-10(9(13)14)5-12(6-10)4-7-2-3-15-8(7)11/h2-3H,4-6H2,1H3,(H,13,14). The van der Waals surface area contributed by atoms with Gasteiger partial charge in [0.15, 0.2) is 0 Å². The number of hydrogen-bond donors (Lipinski definition) is 1. The molecule has 0 bridgehead atoms. The van der Waals surface area contributed by atoms with Crippen molar-refractivity contribution in [2.24, 2.45) is 5.41 Å². The van der Waals surface area contributed by atoms with Gasteiger partial charge in [-0.1, -0.05) is 11.6 Å². The number of likely N-dealkylation sites (tertiary alicyclic amines) is 1. The van der Waals surface area contributed by atoms with Crippen molar-refractivity contribution in [1.29, 1.82) is 0 Å². The van der Waals surface area contributed by atoms with Gasteiger partial charge < -0.3 is 5.11 Å². The van der Waals surface area contributed by atoms with Crippen molar-refractivity contribution in [3.8, 4) is 0 Å². The molecule has 1 aromatic rings. The van der Waals surface area contributed by atoms with E-state index in [0.717, 1.165) is 16.4 Å². The summed E-state index contributed by atoms with van der Waals surface area (Å²) < 4.78 is 0.805. The second kappa shape index (κ2) is 3.77. The van der Waals surface area contributed by atoms with E-state index in [-0.39, 0.29) is 0 Å². The Kier molecular flexibility index (Phi) is 2.75. The highest BCUT2D eigenvalue weighted by atomic mass is 35.5. The van der Waals surface area contributed by atoms with Crippen molar-refractivity contribution in [3.63, 3.8) is 0 Å². The Balaban J connectivity index is 1.92. The van der Waals surface area contributed by atoms with E-state index in [1.807, 2.05) is 11.4 Å². The van der Waals surface area contributed by atoms with Gasteiger partial charge in [0.2, 0.25) is 0 Å². The van der Waals surface area contributed by atoms with Crippen molar-refractivity contribution < 1.29 is 9.90 Å². The van der Waals surface area contributed by atoms with Crippen LogP contribution in [-0.4, -0.2) is 29.1 Å². The van der Waals surface area contributed by atoms with Gasteiger partial charge in [0.25, 0.3) is 0 Å². The van der Waals surface area contributed by atoms with Crippen LogP contribution in [0.1, 0.15) is 12.5 Å². The maximum absolute atomic E-state index is 10.9. The molecule has 1 N–H and O–H groups in total. The largest absolute Gasteiger partial charge is 0.481 e. The molecular weight excluding hydrogens is 234 g/mol. The van der Waals surface area contributed by atoms with Crippen LogP contribution in [0.15, 0.2) is 11.4 Å². The lowest BCUT2D eigenvalue weighted by Crippen LogP contribution is -2.58. The Hall–Kier alpha value is -0.580. The lowest BCUT2D eigenvalue weighted by molar-refractivity contribution is -0.158. The maximum atomic E-state index is 10.9. The molecule has 5 heteroatoms. The highest BCUT2D eigenvalue weighted by Crippen LogP contribution is 2.33. The van der Waals surface area contributed by atoms with Crippen molar-refractivity contribution in [3.05, 3.63) is 21.3 Å². The SMILES string of the molecule is CC1(C(=O)O)CN(Cc2ccsc2Cl)C1. The maximum Gasteiger partial charge on any atom is 0.311 e. The highest BCUT2D eigenvalue weighted by molar-refractivity contribution is 7.14. The van der Waals surface area contributed by atoms with Gasteiger partial charge in [0.1, 0.15) is 0 Å². The molecule has 15 heavy (non-hydrogen) atoms. The van der Waals surface area contributed by atoms with Crippen molar-refractivity contribution in [1.82, 2.24) is 4.90 Å². The summed E-state index contributed by atoms with van der Waals surface area (Å²) >= 11 is 7.48. The predicted octanol–water partition coefficient (Wildman–Crippen LogP) is 2.31. The fourth-order valence-electron chi connectivity index (χ4n) is 1.86. The molecule has 0 aliphatic carbocycles. The third-order valence-corrected chi connectivity index (χ3v) is 4.00. The Labute approximate surface area is 97.3 Å². The first-order chi connectivity index (χ1) is 7.01. The Morgan fingerprint density at radius 3 is 2.87 bits per heavy atom. The number of nitrogens with zero attached hydrogens (tertiary/aromatic N) is 1. The number of carboxylic acid groups (broad SMARTS) is 1. The summed E-state index contributed by atoms with van der Waals surface area (Å²) in [4.78, 5) is 13.0. The normalized spacial score (nSPS) is 19.9. The minimum absolute atomic E-state index is 0.567. The number of carbonyl (C=O) groups is 1. The Bertz CT molecular complexity index is 385. The van der Waals surface area contributed by atoms with E-state index < -0.39 is 11.4 Å². The molecule has 1 aliphatic heterocycles. The molecule has 1 fully saturated rings. The number of rotatable bonds is 3. The van der Waals surface area contributed by atoms with Crippen LogP contribution < -0.4 is 0 Å². The summed E-state index contributed by atoms with van der Waals surface area (Å²) in [6.07, 6.45) is 0. The number of aliphatic carboxylic acids is 1. The van der Waals surface area contributed by atoms with Gasteiger partial charge in [0, 0.05) is 19.6 Å². The van der Waals surface area contributed by atoms with E-state index in [1.165, 1.54) is 11.3 Å². The number of thiophene rings is 1. The second-order valence-corrected chi connectivity index (χ2v) is 5.75. The zero-order chi connectivity index (χ0) is 11.1. The Morgan fingerprint density at radius 1 is 1.73 bits per heavy atom. The summed E-state index contributed by atoms with van der Waals surface area (Å²) in [5.74, 6) is -0.713. The highest BCUT2D eigenvalue weighted by Gasteiger charge is 2.45. The van der Waals surface area contributed by atoms with Gasteiger partial charge in [-0.25, -0.2) is 0 Å². The summed E-state index contributed by atoms with van der Waals surface area (Å²) in [6.45, 7) is 3.75. The van der Waals surface area contributed by atoms with Crippen LogP contribution in [0.3, 0.4) is 0 Å². The quantitative estimate of drug-likeness (QED) is 0.889. The van der Waals surface area contributed by atoms with Crippen LogP contribution in [0.25, 0.3) is 0 Å². The monoisotopic (exact) mass is 245 g/mol. The van der Waals surface area contributed by atoms with Crippen molar-refractivity contribution in [2.75, 3.05) is 13.1 Å². The summed E-state index contributed by atoms with van der Waals surface area (Å²) in [5, 5.41) is 10.9. The van der Waals surface area contributed by atoms with Crippen LogP contribution in [-0.2, 0) is 11.3 Å². The zero-order valence-corrected chi connectivity index (χ0v) is 9.94. The minimum Gasteiger partial charge on any atom is -0.481 e. The molecule has 0 amide bonds. The van der Waals surface area contributed by atoms with Gasteiger partial charge in [-0.3, -0.25) is 9.69 Å².